The fourth-order valence-corrected chi connectivity index (χ4v) is 2.74. The summed E-state index contributed by atoms with van der Waals surface area (Å²) in [6.45, 7) is 10.8. The highest BCUT2D eigenvalue weighted by molar-refractivity contribution is 5.54. The number of hydrogen-bond acceptors (Lipinski definition) is 6. The Kier molecular flexibility index (Phi) is 9.18. The maximum atomic E-state index is 10.2. The van der Waals surface area contributed by atoms with Crippen molar-refractivity contribution in [1.29, 1.82) is 0 Å². The van der Waals surface area contributed by atoms with Crippen molar-refractivity contribution < 1.29 is 14.4 Å². The monoisotopic (exact) mass is 373 g/mol. The second-order valence-corrected chi connectivity index (χ2v) is 6.76. The van der Waals surface area contributed by atoms with E-state index in [2.05, 4.69) is 28.5 Å². The van der Waals surface area contributed by atoms with Gasteiger partial charge in [-0.25, -0.2) is 0 Å². The van der Waals surface area contributed by atoms with Gasteiger partial charge in [-0.3, -0.25) is 0 Å². The molecular formula is C21H31N3O3. The Morgan fingerprint density at radius 3 is 2.78 bits per heavy atom. The maximum Gasteiger partial charge on any atom is 0.228 e. The SMILES string of the molecule is C=CCOCC(O)CN(CCCC)CCc1nc(-c2ccc(C)cc2)no1. The van der Waals surface area contributed by atoms with Crippen LogP contribution in [0.15, 0.2) is 41.4 Å². The molecule has 0 amide bonds. The normalized spacial score (nSPS) is 12.4. The van der Waals surface area contributed by atoms with E-state index in [1.807, 2.05) is 31.2 Å². The fraction of sp³-hybridized carbons (Fsp3) is 0.524. The minimum Gasteiger partial charge on any atom is -0.389 e. The predicted octanol–water partition coefficient (Wildman–Crippen LogP) is 3.25. The van der Waals surface area contributed by atoms with E-state index in [4.69, 9.17) is 9.26 Å². The summed E-state index contributed by atoms with van der Waals surface area (Å²) in [5.74, 6) is 1.23. The van der Waals surface area contributed by atoms with Crippen LogP contribution >= 0.6 is 0 Å². The third kappa shape index (κ3) is 7.62. The van der Waals surface area contributed by atoms with Gasteiger partial charge in [-0.1, -0.05) is 54.4 Å². The molecule has 0 aliphatic heterocycles. The van der Waals surface area contributed by atoms with Crippen LogP contribution in [0.3, 0.4) is 0 Å². The number of aromatic nitrogens is 2. The second-order valence-electron chi connectivity index (χ2n) is 6.76. The van der Waals surface area contributed by atoms with Gasteiger partial charge >= 0.3 is 0 Å². The molecule has 2 aromatic rings. The first kappa shape index (κ1) is 21.3. The molecule has 1 N–H and O–H groups in total. The molecule has 2 rings (SSSR count). The molecule has 0 aliphatic carbocycles. The number of nitrogens with zero attached hydrogens (tertiary/aromatic N) is 3. The van der Waals surface area contributed by atoms with Gasteiger partial charge in [-0.05, 0) is 19.9 Å². The van der Waals surface area contributed by atoms with Gasteiger partial charge in [0.15, 0.2) is 0 Å². The molecule has 0 radical (unpaired) electrons. The summed E-state index contributed by atoms with van der Waals surface area (Å²) >= 11 is 0. The van der Waals surface area contributed by atoms with E-state index < -0.39 is 6.10 Å². The van der Waals surface area contributed by atoms with Gasteiger partial charge in [-0.15, -0.1) is 6.58 Å². The first-order valence-electron chi connectivity index (χ1n) is 9.61. The van der Waals surface area contributed by atoms with Crippen molar-refractivity contribution in [1.82, 2.24) is 15.0 Å². The van der Waals surface area contributed by atoms with Crippen LogP contribution in [0.5, 0.6) is 0 Å². The lowest BCUT2D eigenvalue weighted by molar-refractivity contribution is 0.0258. The zero-order valence-electron chi connectivity index (χ0n) is 16.4. The Hall–Kier alpha value is -2.02. The zero-order chi connectivity index (χ0) is 19.5. The lowest BCUT2D eigenvalue weighted by atomic mass is 10.1. The highest BCUT2D eigenvalue weighted by Crippen LogP contribution is 2.16. The molecule has 0 fully saturated rings. The first-order valence-corrected chi connectivity index (χ1v) is 9.61. The van der Waals surface area contributed by atoms with E-state index in [-0.39, 0.29) is 0 Å². The van der Waals surface area contributed by atoms with Gasteiger partial charge in [-0.2, -0.15) is 4.98 Å². The number of aliphatic hydroxyl groups excluding tert-OH is 1. The van der Waals surface area contributed by atoms with Crippen molar-refractivity contribution in [3.05, 3.63) is 48.4 Å². The third-order valence-corrected chi connectivity index (χ3v) is 4.26. The highest BCUT2D eigenvalue weighted by Gasteiger charge is 2.14. The number of aryl methyl sites for hydroxylation is 1. The van der Waals surface area contributed by atoms with Crippen molar-refractivity contribution in [2.45, 2.75) is 39.2 Å². The van der Waals surface area contributed by atoms with Crippen LogP contribution in [0, 0.1) is 6.92 Å². The van der Waals surface area contributed by atoms with Gasteiger partial charge in [0.2, 0.25) is 11.7 Å². The van der Waals surface area contributed by atoms with Crippen molar-refractivity contribution in [2.75, 3.05) is 32.8 Å². The summed E-state index contributed by atoms with van der Waals surface area (Å²) in [6.07, 6.45) is 4.01. The molecule has 1 aromatic carbocycles. The Bertz CT molecular complexity index is 670. The predicted molar refractivity (Wildman–Crippen MR) is 107 cm³/mol. The van der Waals surface area contributed by atoms with Crippen LogP contribution in [-0.2, 0) is 11.2 Å². The molecule has 6 heteroatoms. The Morgan fingerprint density at radius 2 is 2.07 bits per heavy atom. The quantitative estimate of drug-likeness (QED) is 0.429. The number of unbranched alkanes of at least 4 members (excludes halogenated alkanes) is 1. The number of hydrogen-bond donors (Lipinski definition) is 1. The molecule has 1 unspecified atom stereocenters. The Labute approximate surface area is 161 Å². The van der Waals surface area contributed by atoms with E-state index in [0.29, 0.717) is 37.9 Å². The van der Waals surface area contributed by atoms with Crippen LogP contribution in [0.1, 0.15) is 31.2 Å². The minimum atomic E-state index is -0.521. The van der Waals surface area contributed by atoms with Crippen molar-refractivity contribution in [3.8, 4) is 11.4 Å². The minimum absolute atomic E-state index is 0.312. The highest BCUT2D eigenvalue weighted by atomic mass is 16.5. The van der Waals surface area contributed by atoms with E-state index in [1.165, 1.54) is 5.56 Å². The topological polar surface area (TPSA) is 71.6 Å². The Balaban J connectivity index is 1.88. The summed E-state index contributed by atoms with van der Waals surface area (Å²) in [5, 5.41) is 14.2. The molecule has 0 saturated heterocycles. The molecular weight excluding hydrogens is 342 g/mol. The smallest absolute Gasteiger partial charge is 0.228 e. The Morgan fingerprint density at radius 1 is 1.30 bits per heavy atom. The molecule has 1 aromatic heterocycles. The molecule has 0 bridgehead atoms. The van der Waals surface area contributed by atoms with Gasteiger partial charge < -0.3 is 19.3 Å². The van der Waals surface area contributed by atoms with Crippen LogP contribution in [0.25, 0.3) is 11.4 Å². The van der Waals surface area contributed by atoms with Gasteiger partial charge in [0.1, 0.15) is 0 Å². The lowest BCUT2D eigenvalue weighted by Gasteiger charge is -2.24. The average molecular weight is 373 g/mol. The van der Waals surface area contributed by atoms with E-state index in [0.717, 1.165) is 31.5 Å². The number of aliphatic hydroxyl groups is 1. The largest absolute Gasteiger partial charge is 0.389 e. The molecule has 6 nitrogen and oxygen atoms in total. The molecule has 148 valence electrons. The van der Waals surface area contributed by atoms with Crippen LogP contribution in [-0.4, -0.2) is 59.1 Å². The van der Waals surface area contributed by atoms with E-state index >= 15 is 0 Å². The van der Waals surface area contributed by atoms with Gasteiger partial charge in [0, 0.05) is 25.1 Å². The third-order valence-electron chi connectivity index (χ3n) is 4.26. The van der Waals surface area contributed by atoms with Crippen LogP contribution < -0.4 is 0 Å². The van der Waals surface area contributed by atoms with Crippen LogP contribution in [0.2, 0.25) is 0 Å². The molecule has 0 saturated carbocycles. The molecule has 0 aliphatic rings. The number of benzene rings is 1. The summed E-state index contributed by atoms with van der Waals surface area (Å²) < 4.78 is 10.7. The van der Waals surface area contributed by atoms with E-state index in [1.54, 1.807) is 6.08 Å². The lowest BCUT2D eigenvalue weighted by Crippen LogP contribution is -2.37. The number of rotatable bonds is 13. The maximum absolute atomic E-state index is 10.2. The molecule has 27 heavy (non-hydrogen) atoms. The van der Waals surface area contributed by atoms with Gasteiger partial charge in [0.25, 0.3) is 0 Å². The van der Waals surface area contributed by atoms with Crippen molar-refractivity contribution in [2.24, 2.45) is 0 Å². The number of ether oxygens (including phenoxy) is 1. The molecule has 1 heterocycles. The standard InChI is InChI=1S/C21H31N3O3/c1-4-6-12-24(15-19(25)16-26-14-5-2)13-11-20-22-21(23-27-20)18-9-7-17(3)8-10-18/h5,7-10,19,25H,2,4,6,11-16H2,1,3H3. The van der Waals surface area contributed by atoms with E-state index in [9.17, 15) is 5.11 Å². The second kappa shape index (κ2) is 11.6. The van der Waals surface area contributed by atoms with Gasteiger partial charge in [0.05, 0.1) is 19.3 Å². The summed E-state index contributed by atoms with van der Waals surface area (Å²) in [5.41, 5.74) is 2.15. The van der Waals surface area contributed by atoms with Crippen molar-refractivity contribution in [3.63, 3.8) is 0 Å². The van der Waals surface area contributed by atoms with Crippen molar-refractivity contribution >= 4 is 0 Å². The summed E-state index contributed by atoms with van der Waals surface area (Å²) in [6, 6.07) is 8.07. The summed E-state index contributed by atoms with van der Waals surface area (Å²) in [7, 11) is 0. The molecule has 1 atom stereocenters. The van der Waals surface area contributed by atoms with Crippen LogP contribution in [0.4, 0.5) is 0 Å². The fourth-order valence-electron chi connectivity index (χ4n) is 2.74. The summed E-state index contributed by atoms with van der Waals surface area (Å²) in [4.78, 5) is 6.72. The first-order chi connectivity index (χ1) is 13.1. The zero-order valence-corrected chi connectivity index (χ0v) is 16.4. The average Bonchev–Trinajstić information content (AvgIpc) is 3.13. The molecule has 0 spiro atoms.